The second-order valence-electron chi connectivity index (χ2n) is 6.55. The molecule has 0 heterocycles. The second-order valence-corrected chi connectivity index (χ2v) is 8.69. The van der Waals surface area contributed by atoms with Gasteiger partial charge in [0.2, 0.25) is 0 Å². The Morgan fingerprint density at radius 3 is 2.31 bits per heavy atom. The highest BCUT2D eigenvalue weighted by atomic mass is 32.2. The maximum absolute atomic E-state index is 12.4. The number of carbonyl (C=O) groups excluding carboxylic acids is 2. The minimum atomic E-state index is -3.17. The van der Waals surface area contributed by atoms with Crippen molar-refractivity contribution in [3.05, 3.63) is 65.2 Å². The van der Waals surface area contributed by atoms with E-state index in [1.54, 1.807) is 48.5 Å². The normalized spacial score (nSPS) is 13.9. The lowest BCUT2D eigenvalue weighted by Crippen LogP contribution is -2.25. The van der Waals surface area contributed by atoms with Gasteiger partial charge in [0.05, 0.1) is 5.75 Å². The summed E-state index contributed by atoms with van der Waals surface area (Å²) in [5.74, 6) is -0.635. The molecule has 0 bridgehead atoms. The van der Waals surface area contributed by atoms with Crippen LogP contribution in [0.25, 0.3) is 0 Å². The molecule has 0 aromatic heterocycles. The quantitative estimate of drug-likeness (QED) is 0.814. The Balaban J connectivity index is 1.71. The molecule has 26 heavy (non-hydrogen) atoms. The number of amides is 2. The lowest BCUT2D eigenvalue weighted by atomic mass is 10.1. The third-order valence-electron chi connectivity index (χ3n) is 3.91. The number of hydrogen-bond donors (Lipinski definition) is 2. The van der Waals surface area contributed by atoms with Crippen LogP contribution in [0.4, 0.5) is 5.69 Å². The average Bonchev–Trinajstić information content (AvgIpc) is 3.37. The Morgan fingerprint density at radius 1 is 1.00 bits per heavy atom. The van der Waals surface area contributed by atoms with Gasteiger partial charge in [-0.05, 0) is 48.7 Å². The smallest absolute Gasteiger partial charge is 0.255 e. The van der Waals surface area contributed by atoms with E-state index in [0.717, 1.165) is 19.1 Å². The van der Waals surface area contributed by atoms with Gasteiger partial charge in [-0.2, -0.15) is 0 Å². The van der Waals surface area contributed by atoms with Crippen LogP contribution in [0.15, 0.2) is 48.5 Å². The zero-order valence-electron chi connectivity index (χ0n) is 14.4. The van der Waals surface area contributed by atoms with E-state index in [1.807, 2.05) is 0 Å². The molecule has 1 aliphatic carbocycles. The monoisotopic (exact) mass is 372 g/mol. The molecule has 1 fully saturated rings. The van der Waals surface area contributed by atoms with Crippen LogP contribution < -0.4 is 10.6 Å². The molecule has 3 rings (SSSR count). The van der Waals surface area contributed by atoms with Crippen molar-refractivity contribution in [2.24, 2.45) is 0 Å². The largest absolute Gasteiger partial charge is 0.349 e. The van der Waals surface area contributed by atoms with Crippen LogP contribution in [0.2, 0.25) is 0 Å². The number of anilines is 1. The van der Waals surface area contributed by atoms with Gasteiger partial charge >= 0.3 is 0 Å². The molecule has 2 aromatic rings. The number of rotatable bonds is 6. The van der Waals surface area contributed by atoms with E-state index < -0.39 is 9.84 Å². The Morgan fingerprint density at radius 2 is 1.65 bits per heavy atom. The van der Waals surface area contributed by atoms with E-state index in [2.05, 4.69) is 10.6 Å². The van der Waals surface area contributed by atoms with Gasteiger partial charge in [0.1, 0.15) is 0 Å². The van der Waals surface area contributed by atoms with Crippen LogP contribution in [-0.2, 0) is 15.6 Å². The predicted molar refractivity (Wildman–Crippen MR) is 99.9 cm³/mol. The van der Waals surface area contributed by atoms with Gasteiger partial charge < -0.3 is 10.6 Å². The van der Waals surface area contributed by atoms with E-state index in [9.17, 15) is 18.0 Å². The SMILES string of the molecule is CS(=O)(=O)Cc1cccc(C(=O)Nc2cccc(C(=O)NC3CC3)c2)c1. The fourth-order valence-electron chi connectivity index (χ4n) is 2.54. The molecule has 1 aliphatic rings. The van der Waals surface area contributed by atoms with Crippen molar-refractivity contribution in [2.75, 3.05) is 11.6 Å². The van der Waals surface area contributed by atoms with E-state index in [1.165, 1.54) is 0 Å². The summed E-state index contributed by atoms with van der Waals surface area (Å²) in [4.78, 5) is 24.5. The van der Waals surface area contributed by atoms with Crippen LogP contribution in [-0.4, -0.2) is 32.5 Å². The topological polar surface area (TPSA) is 92.3 Å². The first-order chi connectivity index (χ1) is 12.3. The molecule has 136 valence electrons. The summed E-state index contributed by atoms with van der Waals surface area (Å²) in [6.45, 7) is 0. The zero-order chi connectivity index (χ0) is 18.7. The average molecular weight is 372 g/mol. The number of sulfone groups is 1. The minimum absolute atomic E-state index is 0.120. The van der Waals surface area contributed by atoms with Gasteiger partial charge in [0, 0.05) is 29.1 Å². The van der Waals surface area contributed by atoms with Crippen molar-refractivity contribution >= 4 is 27.3 Å². The third-order valence-corrected chi connectivity index (χ3v) is 4.77. The van der Waals surface area contributed by atoms with Crippen LogP contribution in [0, 0.1) is 0 Å². The van der Waals surface area contributed by atoms with Gasteiger partial charge in [0.15, 0.2) is 9.84 Å². The van der Waals surface area contributed by atoms with E-state index in [-0.39, 0.29) is 23.6 Å². The van der Waals surface area contributed by atoms with Gasteiger partial charge in [-0.15, -0.1) is 0 Å². The van der Waals surface area contributed by atoms with Crippen LogP contribution in [0.3, 0.4) is 0 Å². The highest BCUT2D eigenvalue weighted by Crippen LogP contribution is 2.20. The van der Waals surface area contributed by atoms with Crippen LogP contribution in [0.1, 0.15) is 39.1 Å². The van der Waals surface area contributed by atoms with Crippen molar-refractivity contribution in [1.29, 1.82) is 0 Å². The predicted octanol–water partition coefficient (Wildman–Crippen LogP) is 2.38. The first kappa shape index (κ1) is 18.1. The molecule has 0 unspecified atom stereocenters. The minimum Gasteiger partial charge on any atom is -0.349 e. The van der Waals surface area contributed by atoms with Crippen LogP contribution in [0.5, 0.6) is 0 Å². The second kappa shape index (κ2) is 7.29. The van der Waals surface area contributed by atoms with E-state index in [4.69, 9.17) is 0 Å². The Bertz CT molecular complexity index is 950. The summed E-state index contributed by atoms with van der Waals surface area (Å²) in [7, 11) is -3.17. The Hall–Kier alpha value is -2.67. The van der Waals surface area contributed by atoms with Gasteiger partial charge in [-0.1, -0.05) is 18.2 Å². The molecule has 2 aromatic carbocycles. The summed E-state index contributed by atoms with van der Waals surface area (Å²) < 4.78 is 22.8. The zero-order valence-corrected chi connectivity index (χ0v) is 15.2. The molecule has 1 saturated carbocycles. The van der Waals surface area contributed by atoms with Gasteiger partial charge in [0.25, 0.3) is 11.8 Å². The molecule has 7 heteroatoms. The maximum Gasteiger partial charge on any atom is 0.255 e. The lowest BCUT2D eigenvalue weighted by molar-refractivity contribution is 0.0949. The van der Waals surface area contributed by atoms with Gasteiger partial charge in [-0.3, -0.25) is 9.59 Å². The summed E-state index contributed by atoms with van der Waals surface area (Å²) in [5.41, 5.74) is 1.91. The lowest BCUT2D eigenvalue weighted by Gasteiger charge is -2.09. The van der Waals surface area contributed by atoms with Crippen molar-refractivity contribution in [3.8, 4) is 0 Å². The Labute approximate surface area is 152 Å². The molecular formula is C19H20N2O4S. The van der Waals surface area contributed by atoms with Gasteiger partial charge in [-0.25, -0.2) is 8.42 Å². The third kappa shape index (κ3) is 5.16. The standard InChI is InChI=1S/C19H20N2O4S/c1-26(24,25)12-13-4-2-5-14(10-13)18(22)21-17-7-3-6-15(11-17)19(23)20-16-8-9-16/h2-7,10-11,16H,8-9,12H2,1H3,(H,20,23)(H,21,22). The molecule has 0 spiro atoms. The fraction of sp³-hybridized carbons (Fsp3) is 0.263. The van der Waals surface area contributed by atoms with Crippen molar-refractivity contribution in [3.63, 3.8) is 0 Å². The molecule has 0 saturated heterocycles. The highest BCUT2D eigenvalue weighted by molar-refractivity contribution is 7.89. The maximum atomic E-state index is 12.4. The van der Waals surface area contributed by atoms with E-state index >= 15 is 0 Å². The molecule has 0 atom stereocenters. The summed E-state index contributed by atoms with van der Waals surface area (Å²) >= 11 is 0. The first-order valence-corrected chi connectivity index (χ1v) is 10.4. The number of nitrogens with one attached hydrogen (secondary N) is 2. The number of benzene rings is 2. The molecule has 2 amide bonds. The number of carbonyl (C=O) groups is 2. The fourth-order valence-corrected chi connectivity index (χ4v) is 3.33. The molecule has 0 aliphatic heterocycles. The molecular weight excluding hydrogens is 352 g/mol. The van der Waals surface area contributed by atoms with Crippen LogP contribution >= 0.6 is 0 Å². The molecule has 6 nitrogen and oxygen atoms in total. The van der Waals surface area contributed by atoms with Crippen molar-refractivity contribution < 1.29 is 18.0 Å². The van der Waals surface area contributed by atoms with Crippen molar-refractivity contribution in [2.45, 2.75) is 24.6 Å². The van der Waals surface area contributed by atoms with Crippen molar-refractivity contribution in [1.82, 2.24) is 5.32 Å². The first-order valence-electron chi connectivity index (χ1n) is 8.29. The number of hydrogen-bond acceptors (Lipinski definition) is 4. The van der Waals surface area contributed by atoms with E-state index in [0.29, 0.717) is 22.4 Å². The summed E-state index contributed by atoms with van der Waals surface area (Å²) in [6, 6.07) is 13.5. The molecule has 2 N–H and O–H groups in total. The summed E-state index contributed by atoms with van der Waals surface area (Å²) in [5, 5.41) is 5.65. The molecule has 0 radical (unpaired) electrons. The highest BCUT2D eigenvalue weighted by Gasteiger charge is 2.23. The Kier molecular flexibility index (Phi) is 5.08. The summed E-state index contributed by atoms with van der Waals surface area (Å²) in [6.07, 6.45) is 3.16.